The molecular formula is C26H19F2N3O3. The van der Waals surface area contributed by atoms with Crippen molar-refractivity contribution >= 4 is 11.6 Å². The average molecular weight is 459 g/mol. The van der Waals surface area contributed by atoms with Crippen LogP contribution >= 0.6 is 0 Å². The quantitative estimate of drug-likeness (QED) is 0.367. The zero-order valence-electron chi connectivity index (χ0n) is 17.9. The van der Waals surface area contributed by atoms with Crippen molar-refractivity contribution in [1.82, 2.24) is 14.4 Å². The number of carboxylic acid groups (broad SMARTS) is 1. The zero-order valence-corrected chi connectivity index (χ0v) is 17.9. The van der Waals surface area contributed by atoms with Crippen LogP contribution in [-0.4, -0.2) is 25.4 Å². The highest BCUT2D eigenvalue weighted by molar-refractivity contribution is 5.71. The summed E-state index contributed by atoms with van der Waals surface area (Å²) in [6.07, 6.45) is 3.26. The van der Waals surface area contributed by atoms with E-state index in [4.69, 9.17) is 9.40 Å². The molecule has 0 saturated heterocycles. The number of carbonyl (C=O) groups is 1. The lowest BCUT2D eigenvalue weighted by Gasteiger charge is -2.10. The van der Waals surface area contributed by atoms with E-state index in [9.17, 15) is 18.7 Å². The summed E-state index contributed by atoms with van der Waals surface area (Å²) in [4.78, 5) is 21.1. The van der Waals surface area contributed by atoms with Crippen LogP contribution in [0.2, 0.25) is 0 Å². The lowest BCUT2D eigenvalue weighted by Crippen LogP contribution is -2.08. The molecule has 0 aliphatic heterocycles. The van der Waals surface area contributed by atoms with Crippen LogP contribution < -0.4 is 0 Å². The van der Waals surface area contributed by atoms with Gasteiger partial charge in [0.2, 0.25) is 0 Å². The molecule has 34 heavy (non-hydrogen) atoms. The lowest BCUT2D eigenvalue weighted by atomic mass is 10.1. The van der Waals surface area contributed by atoms with E-state index < -0.39 is 17.6 Å². The number of halogens is 2. The van der Waals surface area contributed by atoms with Gasteiger partial charge in [-0.25, -0.2) is 18.7 Å². The fraction of sp³-hybridized carbons (Fsp3) is 0.115. The monoisotopic (exact) mass is 459 g/mol. The summed E-state index contributed by atoms with van der Waals surface area (Å²) < 4.78 is 35.4. The number of hydrogen-bond acceptors (Lipinski definition) is 4. The van der Waals surface area contributed by atoms with Crippen molar-refractivity contribution in [2.45, 2.75) is 19.3 Å². The van der Waals surface area contributed by atoms with Crippen LogP contribution in [0.4, 0.5) is 8.78 Å². The number of hydrogen-bond donors (Lipinski definition) is 1. The van der Waals surface area contributed by atoms with Crippen LogP contribution in [0.15, 0.2) is 77.5 Å². The molecular weight excluding hydrogens is 440 g/mol. The van der Waals surface area contributed by atoms with Gasteiger partial charge in [0.25, 0.3) is 0 Å². The Balaban J connectivity index is 1.73. The smallest absolute Gasteiger partial charge is 0.309 e. The molecule has 0 spiro atoms. The van der Waals surface area contributed by atoms with Gasteiger partial charge in [0.05, 0.1) is 41.9 Å². The van der Waals surface area contributed by atoms with Crippen molar-refractivity contribution in [3.05, 3.63) is 113 Å². The molecule has 5 aromatic rings. The predicted molar refractivity (Wildman–Crippen MR) is 120 cm³/mol. The Kier molecular flexibility index (Phi) is 5.63. The van der Waals surface area contributed by atoms with E-state index >= 15 is 0 Å². The minimum Gasteiger partial charge on any atom is -0.481 e. The predicted octanol–water partition coefficient (Wildman–Crippen LogP) is 5.08. The second-order valence-electron chi connectivity index (χ2n) is 7.88. The molecule has 0 aliphatic rings. The van der Waals surface area contributed by atoms with Crippen LogP contribution in [0.1, 0.15) is 28.4 Å². The molecule has 0 fully saturated rings. The van der Waals surface area contributed by atoms with Crippen molar-refractivity contribution in [2.24, 2.45) is 0 Å². The van der Waals surface area contributed by atoms with Gasteiger partial charge in [0, 0.05) is 18.2 Å². The van der Waals surface area contributed by atoms with Crippen molar-refractivity contribution in [2.75, 3.05) is 0 Å². The molecule has 3 aromatic heterocycles. The summed E-state index contributed by atoms with van der Waals surface area (Å²) in [5, 5.41) is 9.58. The molecule has 6 nitrogen and oxygen atoms in total. The first-order valence-corrected chi connectivity index (χ1v) is 10.6. The number of furan rings is 1. The molecule has 2 aromatic carbocycles. The standard InChI is InChI=1S/C26H19F2N3O3/c27-18-8-9-20(28)17(11-18)12-22-26-30-21(13-19-7-4-10-34-19)24(14-25(32)33)31(26)15-23(29-22)16-5-2-1-3-6-16/h1-11,15H,12-14H2,(H,32,33). The van der Waals surface area contributed by atoms with Crippen LogP contribution in [0, 0.1) is 11.6 Å². The van der Waals surface area contributed by atoms with Gasteiger partial charge in [0.1, 0.15) is 17.4 Å². The number of imidazole rings is 1. The maximum absolute atomic E-state index is 14.5. The van der Waals surface area contributed by atoms with Gasteiger partial charge in [0.15, 0.2) is 5.65 Å². The molecule has 5 rings (SSSR count). The number of aliphatic carboxylic acids is 1. The largest absolute Gasteiger partial charge is 0.481 e. The Hall–Kier alpha value is -4.33. The summed E-state index contributed by atoms with van der Waals surface area (Å²) in [7, 11) is 0. The van der Waals surface area contributed by atoms with Gasteiger partial charge in [-0.2, -0.15) is 0 Å². The van der Waals surface area contributed by atoms with E-state index in [-0.39, 0.29) is 24.8 Å². The second kappa shape index (κ2) is 8.90. The fourth-order valence-electron chi connectivity index (χ4n) is 3.98. The van der Waals surface area contributed by atoms with E-state index in [0.717, 1.165) is 23.8 Å². The Morgan fingerprint density at radius 3 is 2.53 bits per heavy atom. The molecule has 170 valence electrons. The van der Waals surface area contributed by atoms with E-state index in [0.29, 0.717) is 34.2 Å². The van der Waals surface area contributed by atoms with Gasteiger partial charge in [-0.05, 0) is 35.9 Å². The molecule has 0 amide bonds. The second-order valence-corrected chi connectivity index (χ2v) is 7.88. The summed E-state index contributed by atoms with van der Waals surface area (Å²) in [6.45, 7) is 0. The molecule has 0 aliphatic carbocycles. The van der Waals surface area contributed by atoms with E-state index in [1.165, 1.54) is 6.26 Å². The first-order chi connectivity index (χ1) is 16.5. The third kappa shape index (κ3) is 4.30. The number of carboxylic acids is 1. The van der Waals surface area contributed by atoms with Crippen LogP contribution in [0.3, 0.4) is 0 Å². The van der Waals surface area contributed by atoms with Crippen molar-refractivity contribution < 1.29 is 23.1 Å². The van der Waals surface area contributed by atoms with Gasteiger partial charge in [-0.3, -0.25) is 9.20 Å². The number of aromatic nitrogens is 3. The maximum Gasteiger partial charge on any atom is 0.309 e. The van der Waals surface area contributed by atoms with Gasteiger partial charge < -0.3 is 9.52 Å². The number of benzene rings is 2. The highest BCUT2D eigenvalue weighted by Crippen LogP contribution is 2.26. The van der Waals surface area contributed by atoms with Gasteiger partial charge in [-0.15, -0.1) is 0 Å². The van der Waals surface area contributed by atoms with Gasteiger partial charge in [-0.1, -0.05) is 30.3 Å². The molecule has 0 saturated carbocycles. The number of rotatable bonds is 7. The van der Waals surface area contributed by atoms with E-state index in [2.05, 4.69) is 4.98 Å². The third-order valence-corrected chi connectivity index (χ3v) is 5.53. The van der Waals surface area contributed by atoms with E-state index in [1.807, 2.05) is 30.3 Å². The molecule has 0 radical (unpaired) electrons. The zero-order chi connectivity index (χ0) is 23.7. The minimum absolute atomic E-state index is 0.0164. The minimum atomic E-state index is -1.02. The Labute approximate surface area is 193 Å². The average Bonchev–Trinajstić information content (AvgIpc) is 3.45. The Bertz CT molecular complexity index is 1480. The highest BCUT2D eigenvalue weighted by atomic mass is 19.1. The first-order valence-electron chi connectivity index (χ1n) is 10.6. The molecule has 1 N–H and O–H groups in total. The SMILES string of the molecule is O=C(O)Cc1c(Cc2ccco2)nc2c(Cc3cc(F)ccc3F)nc(-c3ccccc3)cn12. The lowest BCUT2D eigenvalue weighted by molar-refractivity contribution is -0.136. The van der Waals surface area contributed by atoms with E-state index in [1.54, 1.807) is 22.7 Å². The molecule has 8 heteroatoms. The molecule has 0 unspecified atom stereocenters. The summed E-state index contributed by atoms with van der Waals surface area (Å²) in [6, 6.07) is 16.1. The van der Waals surface area contributed by atoms with Crippen molar-refractivity contribution in [1.29, 1.82) is 0 Å². The Morgan fingerprint density at radius 2 is 1.79 bits per heavy atom. The van der Waals surface area contributed by atoms with Crippen LogP contribution in [0.25, 0.3) is 16.9 Å². The topological polar surface area (TPSA) is 80.6 Å². The number of nitrogens with zero attached hydrogens (tertiary/aromatic N) is 3. The molecule has 3 heterocycles. The Morgan fingerprint density at radius 1 is 0.971 bits per heavy atom. The van der Waals surface area contributed by atoms with Crippen molar-refractivity contribution in [3.63, 3.8) is 0 Å². The van der Waals surface area contributed by atoms with Crippen LogP contribution in [-0.2, 0) is 24.1 Å². The normalized spacial score (nSPS) is 11.2. The third-order valence-electron chi connectivity index (χ3n) is 5.53. The summed E-state index contributed by atoms with van der Waals surface area (Å²) >= 11 is 0. The first kappa shape index (κ1) is 21.5. The summed E-state index contributed by atoms with van der Waals surface area (Å²) in [5.74, 6) is -1.50. The van der Waals surface area contributed by atoms with Crippen molar-refractivity contribution in [3.8, 4) is 11.3 Å². The number of fused-ring (bicyclic) bond motifs is 1. The fourth-order valence-corrected chi connectivity index (χ4v) is 3.98. The molecule has 0 bridgehead atoms. The molecule has 0 atom stereocenters. The maximum atomic E-state index is 14.5. The van der Waals surface area contributed by atoms with Crippen LogP contribution in [0.5, 0.6) is 0 Å². The van der Waals surface area contributed by atoms with Gasteiger partial charge >= 0.3 is 5.97 Å². The highest BCUT2D eigenvalue weighted by Gasteiger charge is 2.21. The summed E-state index contributed by atoms with van der Waals surface area (Å²) in [5.41, 5.74) is 3.28.